The van der Waals surface area contributed by atoms with E-state index in [4.69, 9.17) is 0 Å². The summed E-state index contributed by atoms with van der Waals surface area (Å²) < 4.78 is 0. The number of piperazine rings is 1. The molecule has 2 unspecified atom stereocenters. The fourth-order valence-corrected chi connectivity index (χ4v) is 1.89. The van der Waals surface area contributed by atoms with E-state index in [9.17, 15) is 0 Å². The molecule has 0 aromatic rings. The van der Waals surface area contributed by atoms with Crippen molar-refractivity contribution < 1.29 is 0 Å². The van der Waals surface area contributed by atoms with Crippen LogP contribution in [0.3, 0.4) is 0 Å². The normalized spacial score (nSPS) is 29.1. The Kier molecular flexibility index (Phi) is 4.16. The Hall–Kier alpha value is -0.120. The molecule has 1 saturated heterocycles. The van der Waals surface area contributed by atoms with Gasteiger partial charge >= 0.3 is 0 Å². The van der Waals surface area contributed by atoms with E-state index < -0.39 is 0 Å². The first-order chi connectivity index (χ1) is 6.13. The Morgan fingerprint density at radius 1 is 1.46 bits per heavy atom. The van der Waals surface area contributed by atoms with Gasteiger partial charge < -0.3 is 10.2 Å². The van der Waals surface area contributed by atoms with Crippen molar-refractivity contribution in [2.45, 2.75) is 25.9 Å². The summed E-state index contributed by atoms with van der Waals surface area (Å²) in [7, 11) is 4.24. The van der Waals surface area contributed by atoms with Gasteiger partial charge in [0.25, 0.3) is 0 Å². The van der Waals surface area contributed by atoms with E-state index in [-0.39, 0.29) is 0 Å². The van der Waals surface area contributed by atoms with Crippen molar-refractivity contribution in [3.05, 3.63) is 0 Å². The van der Waals surface area contributed by atoms with Crippen LogP contribution in [-0.4, -0.2) is 62.2 Å². The maximum absolute atomic E-state index is 3.29. The second-order valence-corrected chi connectivity index (χ2v) is 4.30. The van der Waals surface area contributed by atoms with Gasteiger partial charge in [0.05, 0.1) is 0 Å². The van der Waals surface area contributed by atoms with Crippen molar-refractivity contribution in [2.75, 3.05) is 40.3 Å². The van der Waals surface area contributed by atoms with Gasteiger partial charge in [-0.2, -0.15) is 0 Å². The molecule has 0 aliphatic carbocycles. The molecule has 1 fully saturated rings. The molecule has 2 atom stereocenters. The van der Waals surface area contributed by atoms with Crippen LogP contribution in [0.25, 0.3) is 0 Å². The van der Waals surface area contributed by atoms with Crippen LogP contribution in [0.15, 0.2) is 0 Å². The molecule has 13 heavy (non-hydrogen) atoms. The zero-order valence-corrected chi connectivity index (χ0v) is 9.38. The summed E-state index contributed by atoms with van der Waals surface area (Å²) in [5, 5.41) is 3.29. The monoisotopic (exact) mass is 185 g/mol. The van der Waals surface area contributed by atoms with Gasteiger partial charge in [-0.05, 0) is 27.9 Å². The van der Waals surface area contributed by atoms with Crippen LogP contribution in [0.5, 0.6) is 0 Å². The van der Waals surface area contributed by atoms with Gasteiger partial charge in [-0.15, -0.1) is 0 Å². The molecule has 78 valence electrons. The molecule has 3 nitrogen and oxygen atoms in total. The fourth-order valence-electron chi connectivity index (χ4n) is 1.89. The summed E-state index contributed by atoms with van der Waals surface area (Å²) in [6, 6.07) is 1.31. The Morgan fingerprint density at radius 2 is 2.15 bits per heavy atom. The fraction of sp³-hybridized carbons (Fsp3) is 1.00. The number of likely N-dealkylation sites (N-methyl/N-ethyl adjacent to an activating group) is 2. The first kappa shape index (κ1) is 11.0. The third-order valence-electron chi connectivity index (χ3n) is 2.97. The molecule has 0 radical (unpaired) electrons. The van der Waals surface area contributed by atoms with E-state index in [1.807, 2.05) is 7.05 Å². The average Bonchev–Trinajstić information content (AvgIpc) is 2.09. The van der Waals surface area contributed by atoms with Crippen LogP contribution in [0.2, 0.25) is 0 Å². The lowest BCUT2D eigenvalue weighted by atomic mass is 10.1. The number of rotatable bonds is 3. The van der Waals surface area contributed by atoms with E-state index in [1.165, 1.54) is 26.2 Å². The van der Waals surface area contributed by atoms with Crippen LogP contribution in [0.1, 0.15) is 13.8 Å². The third-order valence-corrected chi connectivity index (χ3v) is 2.97. The van der Waals surface area contributed by atoms with Crippen LogP contribution in [0.4, 0.5) is 0 Å². The van der Waals surface area contributed by atoms with Crippen molar-refractivity contribution in [3.63, 3.8) is 0 Å². The number of nitrogens with zero attached hydrogens (tertiary/aromatic N) is 2. The molecular formula is C10H23N3. The smallest absolute Gasteiger partial charge is 0.0195 e. The molecule has 0 aromatic carbocycles. The first-order valence-corrected chi connectivity index (χ1v) is 5.23. The minimum Gasteiger partial charge on any atom is -0.316 e. The zero-order valence-electron chi connectivity index (χ0n) is 9.38. The quantitative estimate of drug-likeness (QED) is 0.679. The second-order valence-electron chi connectivity index (χ2n) is 4.30. The maximum atomic E-state index is 3.29. The van der Waals surface area contributed by atoms with Crippen LogP contribution < -0.4 is 5.32 Å². The number of nitrogens with one attached hydrogen (secondary N) is 1. The van der Waals surface area contributed by atoms with Crippen molar-refractivity contribution >= 4 is 0 Å². The molecule has 3 heteroatoms. The van der Waals surface area contributed by atoms with E-state index in [1.54, 1.807) is 0 Å². The predicted octanol–water partition coefficient (Wildman–Crippen LogP) is 0.230. The van der Waals surface area contributed by atoms with Gasteiger partial charge in [-0.1, -0.05) is 0 Å². The molecule has 1 N–H and O–H groups in total. The molecule has 0 aromatic heterocycles. The molecule has 0 saturated carbocycles. The van der Waals surface area contributed by atoms with Crippen molar-refractivity contribution in [1.29, 1.82) is 0 Å². The summed E-state index contributed by atoms with van der Waals surface area (Å²) in [4.78, 5) is 4.98. The zero-order chi connectivity index (χ0) is 9.84. The van der Waals surface area contributed by atoms with E-state index in [0.29, 0.717) is 12.1 Å². The minimum absolute atomic E-state index is 0.603. The molecule has 1 heterocycles. The highest BCUT2D eigenvalue weighted by molar-refractivity contribution is 4.79. The SMILES string of the molecule is CNC(C)CN1CCN(C)CC1C. The highest BCUT2D eigenvalue weighted by atomic mass is 15.3. The summed E-state index contributed by atoms with van der Waals surface area (Å²) in [5.74, 6) is 0. The molecular weight excluding hydrogens is 162 g/mol. The molecule has 0 amide bonds. The molecule has 0 spiro atoms. The first-order valence-electron chi connectivity index (χ1n) is 5.23. The van der Waals surface area contributed by atoms with Gasteiger partial charge in [0.2, 0.25) is 0 Å². The molecule has 1 aliphatic rings. The third kappa shape index (κ3) is 3.25. The molecule has 1 rings (SSSR count). The lowest BCUT2D eigenvalue weighted by Crippen LogP contribution is -2.53. The Morgan fingerprint density at radius 3 is 2.69 bits per heavy atom. The van der Waals surface area contributed by atoms with E-state index in [0.717, 1.165) is 0 Å². The van der Waals surface area contributed by atoms with Crippen molar-refractivity contribution in [1.82, 2.24) is 15.1 Å². The van der Waals surface area contributed by atoms with E-state index >= 15 is 0 Å². The summed E-state index contributed by atoms with van der Waals surface area (Å²) in [6.07, 6.45) is 0. The summed E-state index contributed by atoms with van der Waals surface area (Å²) >= 11 is 0. The molecule has 0 bridgehead atoms. The Balaban J connectivity index is 2.33. The lowest BCUT2D eigenvalue weighted by molar-refractivity contribution is 0.0932. The van der Waals surface area contributed by atoms with Crippen LogP contribution >= 0.6 is 0 Å². The van der Waals surface area contributed by atoms with Gasteiger partial charge in [0.1, 0.15) is 0 Å². The minimum atomic E-state index is 0.603. The van der Waals surface area contributed by atoms with Crippen LogP contribution in [0, 0.1) is 0 Å². The van der Waals surface area contributed by atoms with Gasteiger partial charge in [-0.3, -0.25) is 4.90 Å². The summed E-state index contributed by atoms with van der Waals surface area (Å²) in [5.41, 5.74) is 0. The number of hydrogen-bond acceptors (Lipinski definition) is 3. The standard InChI is InChI=1S/C10H23N3/c1-9(11-3)7-13-6-5-12(4)8-10(13)2/h9-11H,5-8H2,1-4H3. The topological polar surface area (TPSA) is 18.5 Å². The predicted molar refractivity (Wildman–Crippen MR) is 57.1 cm³/mol. The highest BCUT2D eigenvalue weighted by Crippen LogP contribution is 2.07. The van der Waals surface area contributed by atoms with Gasteiger partial charge in [0, 0.05) is 38.3 Å². The Bertz CT molecular complexity index is 149. The number of hydrogen-bond donors (Lipinski definition) is 1. The maximum Gasteiger partial charge on any atom is 0.0195 e. The largest absolute Gasteiger partial charge is 0.316 e. The Labute approximate surface area is 82.1 Å². The van der Waals surface area contributed by atoms with Crippen molar-refractivity contribution in [3.8, 4) is 0 Å². The van der Waals surface area contributed by atoms with Crippen molar-refractivity contribution in [2.24, 2.45) is 0 Å². The molecule has 1 aliphatic heterocycles. The lowest BCUT2D eigenvalue weighted by Gasteiger charge is -2.39. The van der Waals surface area contributed by atoms with E-state index in [2.05, 4.69) is 36.0 Å². The second kappa shape index (κ2) is 4.94. The van der Waals surface area contributed by atoms with Crippen LogP contribution in [-0.2, 0) is 0 Å². The van der Waals surface area contributed by atoms with Gasteiger partial charge in [-0.25, -0.2) is 0 Å². The highest BCUT2D eigenvalue weighted by Gasteiger charge is 2.21. The average molecular weight is 185 g/mol. The van der Waals surface area contributed by atoms with Gasteiger partial charge in [0.15, 0.2) is 0 Å². The summed E-state index contributed by atoms with van der Waals surface area (Å²) in [6.45, 7) is 9.36.